The minimum Gasteiger partial charge on any atom is -0.350 e. The van der Waals surface area contributed by atoms with E-state index in [4.69, 9.17) is 0 Å². The van der Waals surface area contributed by atoms with Crippen LogP contribution >= 0.6 is 0 Å². The number of hydrogen-bond donors (Lipinski definition) is 2. The Morgan fingerprint density at radius 2 is 1.54 bits per heavy atom. The van der Waals surface area contributed by atoms with Gasteiger partial charge in [-0.15, -0.1) is 0 Å². The van der Waals surface area contributed by atoms with Gasteiger partial charge in [-0.3, -0.25) is 20.4 Å². The molecule has 0 fully saturated rings. The van der Waals surface area contributed by atoms with Crippen molar-refractivity contribution < 1.29 is 9.59 Å². The second-order valence-corrected chi connectivity index (χ2v) is 5.83. The second kappa shape index (κ2) is 6.20. The number of para-hydroxylation sites is 1. The Labute approximate surface area is 140 Å². The first-order chi connectivity index (χ1) is 11.5. The van der Waals surface area contributed by atoms with E-state index in [0.29, 0.717) is 11.1 Å². The fourth-order valence-electron chi connectivity index (χ4n) is 2.77. The maximum Gasteiger partial charge on any atom is 0.271 e. The van der Waals surface area contributed by atoms with E-state index in [1.165, 1.54) is 0 Å². The topological polar surface area (TPSA) is 63.1 Å². The third-order valence-corrected chi connectivity index (χ3v) is 4.28. The van der Waals surface area contributed by atoms with Crippen LogP contribution in [0.4, 0.5) is 0 Å². The highest BCUT2D eigenvalue weighted by Gasteiger charge is 2.15. The van der Waals surface area contributed by atoms with E-state index in [1.807, 2.05) is 61.9 Å². The lowest BCUT2D eigenvalue weighted by Crippen LogP contribution is -2.41. The van der Waals surface area contributed by atoms with E-state index in [-0.39, 0.29) is 11.8 Å². The zero-order valence-corrected chi connectivity index (χ0v) is 13.9. The van der Waals surface area contributed by atoms with Crippen LogP contribution in [-0.4, -0.2) is 16.4 Å². The van der Waals surface area contributed by atoms with Crippen LogP contribution in [0.3, 0.4) is 0 Å². The Morgan fingerprint density at radius 3 is 2.29 bits per heavy atom. The van der Waals surface area contributed by atoms with Crippen molar-refractivity contribution in [3.05, 3.63) is 70.9 Å². The van der Waals surface area contributed by atoms with Crippen molar-refractivity contribution in [2.45, 2.75) is 13.8 Å². The molecule has 5 nitrogen and oxygen atoms in total. The summed E-state index contributed by atoms with van der Waals surface area (Å²) in [6.07, 6.45) is 1.75. The van der Waals surface area contributed by atoms with Crippen LogP contribution in [0.1, 0.15) is 31.8 Å². The Bertz CT molecular complexity index is 941. The van der Waals surface area contributed by atoms with E-state index in [0.717, 1.165) is 22.0 Å². The van der Waals surface area contributed by atoms with E-state index >= 15 is 0 Å². The number of aryl methyl sites for hydroxylation is 2. The number of carbonyl (C=O) groups is 2. The highest BCUT2D eigenvalue weighted by molar-refractivity contribution is 6.08. The number of aromatic nitrogens is 1. The fraction of sp³-hybridized carbons (Fsp3) is 0.158. The van der Waals surface area contributed by atoms with Gasteiger partial charge in [0.05, 0.1) is 5.56 Å². The number of benzene rings is 2. The average Bonchev–Trinajstić information content (AvgIpc) is 2.92. The van der Waals surface area contributed by atoms with Gasteiger partial charge in [0.2, 0.25) is 0 Å². The van der Waals surface area contributed by atoms with E-state index in [2.05, 4.69) is 10.9 Å². The van der Waals surface area contributed by atoms with Crippen molar-refractivity contribution in [2.24, 2.45) is 7.05 Å². The summed E-state index contributed by atoms with van der Waals surface area (Å²) in [7, 11) is 1.88. The minimum absolute atomic E-state index is 0.329. The molecule has 5 heteroatoms. The lowest BCUT2D eigenvalue weighted by atomic mass is 10.0. The molecule has 0 unspecified atom stereocenters. The summed E-state index contributed by atoms with van der Waals surface area (Å²) in [5.41, 5.74) is 8.95. The van der Waals surface area contributed by atoms with Crippen molar-refractivity contribution >= 4 is 22.7 Å². The van der Waals surface area contributed by atoms with Gasteiger partial charge in [0.25, 0.3) is 11.8 Å². The number of nitrogens with zero attached hydrogens (tertiary/aromatic N) is 1. The Morgan fingerprint density at radius 1 is 0.875 bits per heavy atom. The molecule has 0 aliphatic rings. The number of hydrogen-bond acceptors (Lipinski definition) is 2. The average molecular weight is 321 g/mol. The highest BCUT2D eigenvalue weighted by Crippen LogP contribution is 2.20. The number of nitrogens with one attached hydrogen (secondary N) is 2. The molecule has 2 N–H and O–H groups in total. The number of hydrazine groups is 1. The van der Waals surface area contributed by atoms with Gasteiger partial charge in [0, 0.05) is 29.7 Å². The summed E-state index contributed by atoms with van der Waals surface area (Å²) in [6.45, 7) is 3.83. The van der Waals surface area contributed by atoms with Crippen LogP contribution in [0.15, 0.2) is 48.7 Å². The molecule has 24 heavy (non-hydrogen) atoms. The Balaban J connectivity index is 1.78. The predicted molar refractivity (Wildman–Crippen MR) is 93.8 cm³/mol. The maximum atomic E-state index is 12.4. The van der Waals surface area contributed by atoms with Gasteiger partial charge >= 0.3 is 0 Å². The van der Waals surface area contributed by atoms with E-state index < -0.39 is 0 Å². The van der Waals surface area contributed by atoms with Crippen molar-refractivity contribution in [2.75, 3.05) is 0 Å². The first-order valence-corrected chi connectivity index (χ1v) is 7.70. The van der Waals surface area contributed by atoms with Crippen LogP contribution in [0.2, 0.25) is 0 Å². The first-order valence-electron chi connectivity index (χ1n) is 7.70. The Kier molecular flexibility index (Phi) is 4.08. The van der Waals surface area contributed by atoms with Gasteiger partial charge < -0.3 is 4.57 Å². The van der Waals surface area contributed by atoms with Gasteiger partial charge in [0.15, 0.2) is 0 Å². The van der Waals surface area contributed by atoms with E-state index in [1.54, 1.807) is 12.3 Å². The molecule has 2 amide bonds. The van der Waals surface area contributed by atoms with Crippen LogP contribution in [0.25, 0.3) is 10.9 Å². The summed E-state index contributed by atoms with van der Waals surface area (Å²) in [5, 5.41) is 0.846. The molecule has 0 aliphatic heterocycles. The zero-order chi connectivity index (χ0) is 17.3. The van der Waals surface area contributed by atoms with Crippen molar-refractivity contribution in [1.82, 2.24) is 15.4 Å². The smallest absolute Gasteiger partial charge is 0.271 e. The highest BCUT2D eigenvalue weighted by atomic mass is 16.2. The molecule has 0 atom stereocenters. The predicted octanol–water partition coefficient (Wildman–Crippen LogP) is 2.87. The zero-order valence-electron chi connectivity index (χ0n) is 13.9. The largest absolute Gasteiger partial charge is 0.350 e. The quantitative estimate of drug-likeness (QED) is 0.713. The third kappa shape index (κ3) is 2.76. The summed E-state index contributed by atoms with van der Waals surface area (Å²) < 4.78 is 1.89. The molecule has 3 rings (SSSR count). The molecule has 0 saturated heterocycles. The summed E-state index contributed by atoms with van der Waals surface area (Å²) >= 11 is 0. The summed E-state index contributed by atoms with van der Waals surface area (Å²) in [5.74, 6) is -0.671. The van der Waals surface area contributed by atoms with Gasteiger partial charge in [-0.1, -0.05) is 30.3 Å². The summed E-state index contributed by atoms with van der Waals surface area (Å²) in [6, 6.07) is 13.1. The van der Waals surface area contributed by atoms with Crippen LogP contribution in [0.5, 0.6) is 0 Å². The molecule has 3 aromatic rings. The molecule has 2 aromatic carbocycles. The van der Waals surface area contributed by atoms with Gasteiger partial charge in [-0.2, -0.15) is 0 Å². The van der Waals surface area contributed by atoms with Gasteiger partial charge in [0.1, 0.15) is 0 Å². The number of fused-ring (bicyclic) bond motifs is 1. The summed E-state index contributed by atoms with van der Waals surface area (Å²) in [4.78, 5) is 24.7. The van der Waals surface area contributed by atoms with Crippen molar-refractivity contribution in [3.8, 4) is 0 Å². The van der Waals surface area contributed by atoms with Crippen LogP contribution in [0, 0.1) is 13.8 Å². The molecule has 1 aromatic heterocycles. The molecule has 0 radical (unpaired) electrons. The minimum atomic E-state index is -0.342. The molecule has 0 bridgehead atoms. The monoisotopic (exact) mass is 321 g/mol. The van der Waals surface area contributed by atoms with Crippen molar-refractivity contribution in [3.63, 3.8) is 0 Å². The fourth-order valence-corrected chi connectivity index (χ4v) is 2.77. The normalized spacial score (nSPS) is 10.6. The lowest BCUT2D eigenvalue weighted by Gasteiger charge is -2.10. The molecule has 0 aliphatic carbocycles. The van der Waals surface area contributed by atoms with E-state index in [9.17, 15) is 9.59 Å². The number of carbonyl (C=O) groups excluding carboxylic acids is 2. The molecule has 122 valence electrons. The Hall–Kier alpha value is -3.08. The van der Waals surface area contributed by atoms with Gasteiger partial charge in [-0.25, -0.2) is 0 Å². The number of rotatable bonds is 2. The molecule has 0 saturated carbocycles. The van der Waals surface area contributed by atoms with Crippen molar-refractivity contribution in [1.29, 1.82) is 0 Å². The lowest BCUT2D eigenvalue weighted by molar-refractivity contribution is 0.0847. The second-order valence-electron chi connectivity index (χ2n) is 5.83. The third-order valence-electron chi connectivity index (χ3n) is 4.28. The maximum absolute atomic E-state index is 12.4. The number of amides is 2. The standard InChI is InChI=1S/C19H19N3O2/c1-12-7-6-9-14(13(12)2)18(23)20-21-19(24)16-11-22(3)17-10-5-4-8-15(16)17/h4-11H,1-3H3,(H,20,23)(H,21,24). The van der Waals surface area contributed by atoms with Gasteiger partial charge in [-0.05, 0) is 37.1 Å². The molecule has 0 spiro atoms. The molecular formula is C19H19N3O2. The SMILES string of the molecule is Cc1cccc(C(=O)NNC(=O)c2cn(C)c3ccccc23)c1C. The first kappa shape index (κ1) is 15.8. The molecule has 1 heterocycles. The molecular weight excluding hydrogens is 302 g/mol. The van der Waals surface area contributed by atoms with Crippen LogP contribution < -0.4 is 10.9 Å². The van der Waals surface area contributed by atoms with Crippen LogP contribution in [-0.2, 0) is 7.05 Å².